The molecule has 25 heavy (non-hydrogen) atoms. The van der Waals surface area contributed by atoms with Gasteiger partial charge in [0, 0.05) is 43.9 Å². The first-order valence-corrected chi connectivity index (χ1v) is 9.46. The second-order valence-electron chi connectivity index (χ2n) is 5.90. The molecular weight excluding hydrogens is 340 g/mol. The van der Waals surface area contributed by atoms with Crippen molar-refractivity contribution in [3.05, 3.63) is 48.7 Å². The van der Waals surface area contributed by atoms with Gasteiger partial charge in [0.25, 0.3) is 10.2 Å². The number of hydrogen-bond acceptors (Lipinski definition) is 5. The number of fused-ring (bicyclic) bond motifs is 1. The highest BCUT2D eigenvalue weighted by molar-refractivity contribution is 7.86. The van der Waals surface area contributed by atoms with Gasteiger partial charge in [-0.3, -0.25) is 0 Å². The third-order valence-electron chi connectivity index (χ3n) is 4.33. The molecule has 1 fully saturated rings. The first kappa shape index (κ1) is 16.0. The van der Waals surface area contributed by atoms with Crippen molar-refractivity contribution in [2.45, 2.75) is 0 Å². The van der Waals surface area contributed by atoms with Gasteiger partial charge in [-0.15, -0.1) is 0 Å². The van der Waals surface area contributed by atoms with Gasteiger partial charge in [0.05, 0.1) is 11.9 Å². The van der Waals surface area contributed by atoms with Gasteiger partial charge in [0.15, 0.2) is 5.65 Å². The van der Waals surface area contributed by atoms with Gasteiger partial charge in [-0.05, 0) is 0 Å². The molecule has 3 heterocycles. The summed E-state index contributed by atoms with van der Waals surface area (Å²) in [7, 11) is -3.64. The molecule has 1 aliphatic heterocycles. The van der Waals surface area contributed by atoms with E-state index in [2.05, 4.69) is 15.0 Å². The zero-order valence-corrected chi connectivity index (χ0v) is 14.3. The highest BCUT2D eigenvalue weighted by Crippen LogP contribution is 2.25. The van der Waals surface area contributed by atoms with Crippen LogP contribution in [-0.2, 0) is 10.2 Å². The van der Waals surface area contributed by atoms with Crippen LogP contribution in [0.3, 0.4) is 0 Å². The van der Waals surface area contributed by atoms with Gasteiger partial charge in [-0.1, -0.05) is 30.3 Å². The van der Waals surface area contributed by atoms with Crippen LogP contribution in [0.4, 0.5) is 5.82 Å². The van der Waals surface area contributed by atoms with E-state index in [0.717, 1.165) is 22.7 Å². The molecule has 0 atom stereocenters. The highest BCUT2D eigenvalue weighted by atomic mass is 32.2. The Balaban J connectivity index is 1.71. The van der Waals surface area contributed by atoms with Crippen molar-refractivity contribution in [3.63, 3.8) is 0 Å². The Morgan fingerprint density at radius 3 is 2.40 bits per heavy atom. The molecule has 0 bridgehead atoms. The molecule has 1 saturated heterocycles. The second kappa shape index (κ2) is 6.10. The first-order chi connectivity index (χ1) is 12.0. The van der Waals surface area contributed by atoms with Gasteiger partial charge in [0.1, 0.15) is 5.82 Å². The van der Waals surface area contributed by atoms with E-state index >= 15 is 0 Å². The van der Waals surface area contributed by atoms with Gasteiger partial charge in [-0.25, -0.2) is 10.1 Å². The summed E-state index contributed by atoms with van der Waals surface area (Å²) in [5.41, 5.74) is 2.64. The molecule has 2 aromatic heterocycles. The molecule has 1 aliphatic rings. The lowest BCUT2D eigenvalue weighted by Crippen LogP contribution is -2.51. The van der Waals surface area contributed by atoms with Crippen LogP contribution in [0.1, 0.15) is 0 Å². The summed E-state index contributed by atoms with van der Waals surface area (Å²) in [5.74, 6) is 0.892. The maximum absolute atomic E-state index is 11.5. The standard InChI is InChI=1S/C16H18N6O2S/c17-25(23,24)21-10-8-20(9-11-21)16-12-14(13-4-2-1-3-5-13)19-15-6-7-18-22(15)16/h1-7,12H,8-11H2,(H2,17,23,24). The molecule has 0 spiro atoms. The third-order valence-corrected chi connectivity index (χ3v) is 5.42. The van der Waals surface area contributed by atoms with Crippen molar-refractivity contribution in [2.24, 2.45) is 5.14 Å². The van der Waals surface area contributed by atoms with Crippen molar-refractivity contribution in [2.75, 3.05) is 31.1 Å². The molecule has 0 unspecified atom stereocenters. The van der Waals surface area contributed by atoms with Crippen LogP contribution in [0.15, 0.2) is 48.7 Å². The van der Waals surface area contributed by atoms with Crippen LogP contribution < -0.4 is 10.0 Å². The van der Waals surface area contributed by atoms with Crippen LogP contribution in [0, 0.1) is 0 Å². The molecule has 0 amide bonds. The van der Waals surface area contributed by atoms with Crippen LogP contribution >= 0.6 is 0 Å². The largest absolute Gasteiger partial charge is 0.354 e. The van der Waals surface area contributed by atoms with Crippen LogP contribution in [-0.4, -0.2) is 53.5 Å². The van der Waals surface area contributed by atoms with E-state index in [4.69, 9.17) is 5.14 Å². The number of nitrogens with two attached hydrogens (primary N) is 1. The first-order valence-electron chi connectivity index (χ1n) is 7.95. The summed E-state index contributed by atoms with van der Waals surface area (Å²) in [6.07, 6.45) is 1.71. The number of rotatable bonds is 3. The van der Waals surface area contributed by atoms with E-state index in [1.54, 1.807) is 10.7 Å². The molecular formula is C16H18N6O2S. The van der Waals surface area contributed by atoms with E-state index in [9.17, 15) is 8.42 Å². The van der Waals surface area contributed by atoms with Crippen molar-refractivity contribution >= 4 is 21.7 Å². The predicted molar refractivity (Wildman–Crippen MR) is 95.3 cm³/mol. The zero-order valence-electron chi connectivity index (χ0n) is 13.5. The number of anilines is 1. The third kappa shape index (κ3) is 3.09. The lowest BCUT2D eigenvalue weighted by atomic mass is 10.1. The second-order valence-corrected chi connectivity index (χ2v) is 7.44. The smallest absolute Gasteiger partial charge is 0.277 e. The molecule has 2 N–H and O–H groups in total. The summed E-state index contributed by atoms with van der Waals surface area (Å²) in [6.45, 7) is 1.79. The minimum absolute atomic E-state index is 0.352. The lowest BCUT2D eigenvalue weighted by molar-refractivity contribution is 0.383. The van der Waals surface area contributed by atoms with Crippen molar-refractivity contribution in [1.29, 1.82) is 0 Å². The lowest BCUT2D eigenvalue weighted by Gasteiger charge is -2.34. The van der Waals surface area contributed by atoms with Crippen LogP contribution in [0.2, 0.25) is 0 Å². The maximum Gasteiger partial charge on any atom is 0.277 e. The zero-order chi connectivity index (χ0) is 17.4. The topological polar surface area (TPSA) is 96.8 Å². The van der Waals surface area contributed by atoms with Crippen molar-refractivity contribution in [1.82, 2.24) is 18.9 Å². The minimum Gasteiger partial charge on any atom is -0.354 e. The summed E-state index contributed by atoms with van der Waals surface area (Å²) in [6, 6.07) is 13.8. The van der Waals surface area contributed by atoms with E-state index < -0.39 is 10.2 Å². The molecule has 130 valence electrons. The molecule has 1 aromatic carbocycles. The Labute approximate surface area is 145 Å². The normalized spacial score (nSPS) is 16.4. The van der Waals surface area contributed by atoms with Crippen molar-refractivity contribution < 1.29 is 8.42 Å². The number of aromatic nitrogens is 3. The fourth-order valence-electron chi connectivity index (χ4n) is 3.05. The Morgan fingerprint density at radius 1 is 1.00 bits per heavy atom. The van der Waals surface area contributed by atoms with E-state index in [-0.39, 0.29) is 0 Å². The molecule has 4 rings (SSSR count). The molecule has 3 aromatic rings. The number of piperazine rings is 1. The minimum atomic E-state index is -3.64. The quantitative estimate of drug-likeness (QED) is 0.744. The molecule has 0 radical (unpaired) electrons. The van der Waals surface area contributed by atoms with Crippen LogP contribution in [0.25, 0.3) is 16.9 Å². The predicted octanol–water partition coefficient (Wildman–Crippen LogP) is 0.722. The SMILES string of the molecule is NS(=O)(=O)N1CCN(c2cc(-c3ccccc3)nc3ccnn23)CC1. The number of benzene rings is 1. The van der Waals surface area contributed by atoms with Gasteiger partial charge < -0.3 is 4.90 Å². The van der Waals surface area contributed by atoms with Crippen LogP contribution in [0.5, 0.6) is 0 Å². The monoisotopic (exact) mass is 358 g/mol. The highest BCUT2D eigenvalue weighted by Gasteiger charge is 2.25. The Kier molecular flexibility index (Phi) is 3.91. The average Bonchev–Trinajstić information content (AvgIpc) is 3.09. The number of nitrogens with zero attached hydrogens (tertiary/aromatic N) is 5. The van der Waals surface area contributed by atoms with Gasteiger partial charge in [-0.2, -0.15) is 22.3 Å². The summed E-state index contributed by atoms with van der Waals surface area (Å²) < 4.78 is 26.1. The fourth-order valence-corrected chi connectivity index (χ4v) is 3.72. The van der Waals surface area contributed by atoms with Crippen molar-refractivity contribution in [3.8, 4) is 11.3 Å². The Hall–Kier alpha value is -2.49. The van der Waals surface area contributed by atoms with Gasteiger partial charge in [0.2, 0.25) is 0 Å². The number of hydrogen-bond donors (Lipinski definition) is 1. The molecule has 0 aliphatic carbocycles. The summed E-state index contributed by atoms with van der Waals surface area (Å²) in [4.78, 5) is 6.77. The Morgan fingerprint density at radius 2 is 1.72 bits per heavy atom. The van der Waals surface area contributed by atoms with E-state index in [1.165, 1.54) is 4.31 Å². The van der Waals surface area contributed by atoms with Gasteiger partial charge >= 0.3 is 0 Å². The van der Waals surface area contributed by atoms with E-state index in [0.29, 0.717) is 26.2 Å². The average molecular weight is 358 g/mol. The van der Waals surface area contributed by atoms with E-state index in [1.807, 2.05) is 42.5 Å². The molecule has 8 nitrogen and oxygen atoms in total. The maximum atomic E-state index is 11.5. The fraction of sp³-hybridized carbons (Fsp3) is 0.250. The molecule has 0 saturated carbocycles. The Bertz CT molecular complexity index is 994. The molecule has 9 heteroatoms. The summed E-state index contributed by atoms with van der Waals surface area (Å²) >= 11 is 0. The summed E-state index contributed by atoms with van der Waals surface area (Å²) in [5, 5.41) is 9.57.